The summed E-state index contributed by atoms with van der Waals surface area (Å²) in [5.74, 6) is 0. The molecule has 0 amide bonds. The smallest absolute Gasteiger partial charge is 0.136 e. The van der Waals surface area contributed by atoms with E-state index in [-0.39, 0.29) is 0 Å². The standard InChI is InChI=1S/C10H6ClIN2/c11-10-9(5-8(12)6-14-10)7-1-3-13-4-2-7/h1-6H. The molecule has 2 nitrogen and oxygen atoms in total. The van der Waals surface area contributed by atoms with E-state index in [4.69, 9.17) is 11.6 Å². The highest BCUT2D eigenvalue weighted by Gasteiger charge is 2.04. The third kappa shape index (κ3) is 2.04. The van der Waals surface area contributed by atoms with Gasteiger partial charge in [0.05, 0.1) is 0 Å². The normalized spacial score (nSPS) is 10.1. The molecular formula is C10H6ClIN2. The van der Waals surface area contributed by atoms with Gasteiger partial charge in [0.25, 0.3) is 0 Å². The number of hydrogen-bond donors (Lipinski definition) is 0. The molecule has 4 heteroatoms. The fourth-order valence-corrected chi connectivity index (χ4v) is 1.82. The Kier molecular flexibility index (Phi) is 2.98. The topological polar surface area (TPSA) is 25.8 Å². The minimum absolute atomic E-state index is 0.525. The van der Waals surface area contributed by atoms with E-state index in [9.17, 15) is 0 Å². The molecule has 0 aliphatic rings. The maximum Gasteiger partial charge on any atom is 0.136 e. The molecule has 0 bridgehead atoms. The van der Waals surface area contributed by atoms with Crippen LogP contribution in [-0.2, 0) is 0 Å². The summed E-state index contributed by atoms with van der Waals surface area (Å²) in [6, 6.07) is 5.84. The Morgan fingerprint density at radius 3 is 2.64 bits per heavy atom. The zero-order valence-corrected chi connectivity index (χ0v) is 10.0. The summed E-state index contributed by atoms with van der Waals surface area (Å²) >= 11 is 8.21. The Hall–Kier alpha value is -0.680. The fraction of sp³-hybridized carbons (Fsp3) is 0. The monoisotopic (exact) mass is 316 g/mol. The van der Waals surface area contributed by atoms with Gasteiger partial charge < -0.3 is 0 Å². The van der Waals surface area contributed by atoms with Gasteiger partial charge in [-0.1, -0.05) is 11.6 Å². The second-order valence-corrected chi connectivity index (χ2v) is 4.33. The molecule has 2 heterocycles. The number of nitrogens with zero attached hydrogens (tertiary/aromatic N) is 2. The van der Waals surface area contributed by atoms with Crippen LogP contribution in [0.5, 0.6) is 0 Å². The quantitative estimate of drug-likeness (QED) is 0.595. The highest BCUT2D eigenvalue weighted by Crippen LogP contribution is 2.26. The van der Waals surface area contributed by atoms with Crippen LogP contribution in [0.3, 0.4) is 0 Å². The van der Waals surface area contributed by atoms with E-state index in [1.54, 1.807) is 18.6 Å². The Balaban J connectivity index is 2.57. The molecule has 2 rings (SSSR count). The molecule has 0 unspecified atom stereocenters. The van der Waals surface area contributed by atoms with Gasteiger partial charge in [-0.2, -0.15) is 0 Å². The van der Waals surface area contributed by atoms with E-state index < -0.39 is 0 Å². The molecule has 0 spiro atoms. The molecule has 0 aromatic carbocycles. The average Bonchev–Trinajstić information content (AvgIpc) is 2.23. The van der Waals surface area contributed by atoms with Crippen LogP contribution in [0.25, 0.3) is 11.1 Å². The first-order chi connectivity index (χ1) is 6.77. The van der Waals surface area contributed by atoms with E-state index in [0.29, 0.717) is 5.15 Å². The van der Waals surface area contributed by atoms with Gasteiger partial charge in [0.15, 0.2) is 0 Å². The molecule has 2 aromatic heterocycles. The molecule has 0 saturated carbocycles. The molecule has 0 radical (unpaired) electrons. The number of pyridine rings is 2. The number of aromatic nitrogens is 2. The second kappa shape index (κ2) is 4.23. The Bertz CT molecular complexity index is 445. The summed E-state index contributed by atoms with van der Waals surface area (Å²) < 4.78 is 1.07. The van der Waals surface area contributed by atoms with Gasteiger partial charge in [0.1, 0.15) is 5.15 Å². The minimum Gasteiger partial charge on any atom is -0.265 e. The number of hydrogen-bond acceptors (Lipinski definition) is 2. The van der Waals surface area contributed by atoms with E-state index >= 15 is 0 Å². The molecule has 0 fully saturated rings. The van der Waals surface area contributed by atoms with Crippen molar-refractivity contribution >= 4 is 34.2 Å². The summed E-state index contributed by atoms with van der Waals surface area (Å²) in [4.78, 5) is 8.05. The van der Waals surface area contributed by atoms with Crippen molar-refractivity contribution in [2.75, 3.05) is 0 Å². The first-order valence-electron chi connectivity index (χ1n) is 3.99. The first-order valence-corrected chi connectivity index (χ1v) is 5.44. The summed E-state index contributed by atoms with van der Waals surface area (Å²) in [6.45, 7) is 0. The van der Waals surface area contributed by atoms with Gasteiger partial charge in [0, 0.05) is 27.7 Å². The molecular weight excluding hydrogens is 310 g/mol. The van der Waals surface area contributed by atoms with Crippen LogP contribution in [0, 0.1) is 3.57 Å². The minimum atomic E-state index is 0.525. The molecule has 14 heavy (non-hydrogen) atoms. The van der Waals surface area contributed by atoms with E-state index in [2.05, 4.69) is 32.6 Å². The fourth-order valence-electron chi connectivity index (χ4n) is 1.16. The molecule has 70 valence electrons. The lowest BCUT2D eigenvalue weighted by Gasteiger charge is -2.03. The van der Waals surface area contributed by atoms with E-state index in [0.717, 1.165) is 14.7 Å². The first kappa shape index (κ1) is 9.86. The maximum absolute atomic E-state index is 6.00. The summed E-state index contributed by atoms with van der Waals surface area (Å²) in [7, 11) is 0. The molecule has 0 saturated heterocycles. The third-order valence-electron chi connectivity index (χ3n) is 1.80. The summed E-state index contributed by atoms with van der Waals surface area (Å²) in [5, 5.41) is 0.525. The SMILES string of the molecule is Clc1ncc(I)cc1-c1ccncc1. The van der Waals surface area contributed by atoms with Gasteiger partial charge in [-0.15, -0.1) is 0 Å². The number of rotatable bonds is 1. The van der Waals surface area contributed by atoms with Crippen LogP contribution in [-0.4, -0.2) is 9.97 Å². The Morgan fingerprint density at radius 2 is 1.93 bits per heavy atom. The van der Waals surface area contributed by atoms with Crippen molar-refractivity contribution in [1.82, 2.24) is 9.97 Å². The van der Waals surface area contributed by atoms with Crippen molar-refractivity contribution in [2.24, 2.45) is 0 Å². The summed E-state index contributed by atoms with van der Waals surface area (Å²) in [5.41, 5.74) is 1.98. The largest absolute Gasteiger partial charge is 0.265 e. The zero-order chi connectivity index (χ0) is 9.97. The lowest BCUT2D eigenvalue weighted by atomic mass is 10.1. The van der Waals surface area contributed by atoms with Crippen LogP contribution in [0.2, 0.25) is 5.15 Å². The van der Waals surface area contributed by atoms with Gasteiger partial charge in [-0.05, 0) is 46.4 Å². The molecule has 0 aliphatic heterocycles. The molecule has 0 aliphatic carbocycles. The molecule has 0 atom stereocenters. The summed E-state index contributed by atoms with van der Waals surface area (Å²) in [6.07, 6.45) is 5.23. The lowest BCUT2D eigenvalue weighted by molar-refractivity contribution is 1.29. The van der Waals surface area contributed by atoms with Crippen molar-refractivity contribution < 1.29 is 0 Å². The highest BCUT2D eigenvalue weighted by atomic mass is 127. The van der Waals surface area contributed by atoms with Gasteiger partial charge in [-0.25, -0.2) is 4.98 Å². The van der Waals surface area contributed by atoms with Crippen LogP contribution in [0.1, 0.15) is 0 Å². The predicted molar refractivity (Wildman–Crippen MR) is 65.2 cm³/mol. The van der Waals surface area contributed by atoms with E-state index in [1.165, 1.54) is 0 Å². The zero-order valence-electron chi connectivity index (χ0n) is 7.11. The number of halogens is 2. The Morgan fingerprint density at radius 1 is 1.21 bits per heavy atom. The Labute approximate surface area is 100 Å². The highest BCUT2D eigenvalue weighted by molar-refractivity contribution is 14.1. The van der Waals surface area contributed by atoms with Crippen LogP contribution < -0.4 is 0 Å². The van der Waals surface area contributed by atoms with Gasteiger partial charge in [0.2, 0.25) is 0 Å². The van der Waals surface area contributed by atoms with Crippen LogP contribution in [0.15, 0.2) is 36.8 Å². The van der Waals surface area contributed by atoms with Gasteiger partial charge >= 0.3 is 0 Å². The third-order valence-corrected chi connectivity index (χ3v) is 2.69. The molecule has 0 N–H and O–H groups in total. The lowest BCUT2D eigenvalue weighted by Crippen LogP contribution is -1.85. The van der Waals surface area contributed by atoms with Crippen molar-refractivity contribution in [2.45, 2.75) is 0 Å². The van der Waals surface area contributed by atoms with Crippen molar-refractivity contribution in [3.05, 3.63) is 45.5 Å². The molecule has 2 aromatic rings. The second-order valence-electron chi connectivity index (χ2n) is 2.73. The predicted octanol–water partition coefficient (Wildman–Crippen LogP) is 3.40. The van der Waals surface area contributed by atoms with Gasteiger partial charge in [-0.3, -0.25) is 4.98 Å². The van der Waals surface area contributed by atoms with Crippen molar-refractivity contribution in [1.29, 1.82) is 0 Å². The van der Waals surface area contributed by atoms with Crippen LogP contribution in [0.4, 0.5) is 0 Å². The van der Waals surface area contributed by atoms with Crippen molar-refractivity contribution in [3.63, 3.8) is 0 Å². The van der Waals surface area contributed by atoms with Crippen molar-refractivity contribution in [3.8, 4) is 11.1 Å². The van der Waals surface area contributed by atoms with E-state index in [1.807, 2.05) is 18.2 Å². The average molecular weight is 317 g/mol. The maximum atomic E-state index is 6.00. The van der Waals surface area contributed by atoms with Crippen LogP contribution >= 0.6 is 34.2 Å².